The van der Waals surface area contributed by atoms with E-state index >= 15 is 0 Å². The largest absolute Gasteiger partial charge is 0.280 e. The maximum atomic E-state index is 12.6. The summed E-state index contributed by atoms with van der Waals surface area (Å²) in [4.78, 5) is 0.924. The topological polar surface area (TPSA) is 46.2 Å². The summed E-state index contributed by atoms with van der Waals surface area (Å²) in [7, 11) is -3.78. The molecule has 0 aliphatic heterocycles. The first-order valence-corrected chi connectivity index (χ1v) is 12.1. The SMILES string of the molecule is O=S(=O)(Nc1cc(Cl)cc(Cl)c1)c1ccc(CC(=S)Cc2ccc(Cl)c(Cl)c2)cc1. The van der Waals surface area contributed by atoms with Gasteiger partial charge >= 0.3 is 0 Å². The van der Waals surface area contributed by atoms with Crippen LogP contribution in [0.15, 0.2) is 65.6 Å². The number of sulfonamides is 1. The fraction of sp³-hybridized carbons (Fsp3) is 0.0952. The molecule has 0 amide bonds. The average molecular weight is 519 g/mol. The summed E-state index contributed by atoms with van der Waals surface area (Å²) >= 11 is 29.3. The number of rotatable bonds is 7. The van der Waals surface area contributed by atoms with Crippen LogP contribution in [-0.4, -0.2) is 13.3 Å². The molecular weight excluding hydrogens is 504 g/mol. The Morgan fingerprint density at radius 1 is 0.767 bits per heavy atom. The van der Waals surface area contributed by atoms with Gasteiger partial charge in [-0.3, -0.25) is 4.72 Å². The monoisotopic (exact) mass is 517 g/mol. The molecule has 3 aromatic carbocycles. The lowest BCUT2D eigenvalue weighted by Crippen LogP contribution is -2.13. The summed E-state index contributed by atoms with van der Waals surface area (Å²) in [5.74, 6) is 0. The van der Waals surface area contributed by atoms with Crippen LogP contribution in [0, 0.1) is 0 Å². The van der Waals surface area contributed by atoms with Gasteiger partial charge in [0.15, 0.2) is 0 Å². The maximum absolute atomic E-state index is 12.6. The minimum atomic E-state index is -3.78. The zero-order valence-corrected chi connectivity index (χ0v) is 20.0. The minimum Gasteiger partial charge on any atom is -0.280 e. The minimum absolute atomic E-state index is 0.123. The predicted octanol–water partition coefficient (Wildman–Crippen LogP) is 7.26. The van der Waals surface area contributed by atoms with Gasteiger partial charge in [0.25, 0.3) is 10.0 Å². The Labute approximate surface area is 201 Å². The molecule has 0 atom stereocenters. The molecule has 30 heavy (non-hydrogen) atoms. The molecule has 0 spiro atoms. The second-order valence-electron chi connectivity index (χ2n) is 6.55. The van der Waals surface area contributed by atoms with Gasteiger partial charge in [-0.2, -0.15) is 0 Å². The van der Waals surface area contributed by atoms with Gasteiger partial charge in [0, 0.05) is 27.8 Å². The third-order valence-electron chi connectivity index (χ3n) is 4.14. The van der Waals surface area contributed by atoms with E-state index in [2.05, 4.69) is 4.72 Å². The zero-order chi connectivity index (χ0) is 21.9. The van der Waals surface area contributed by atoms with Crippen molar-refractivity contribution in [2.24, 2.45) is 0 Å². The second kappa shape index (κ2) is 9.86. The molecule has 3 rings (SSSR count). The molecule has 3 nitrogen and oxygen atoms in total. The lowest BCUT2D eigenvalue weighted by molar-refractivity contribution is 0.601. The molecule has 3 aromatic rings. The fourth-order valence-corrected chi connectivity index (χ4v) is 5.00. The third-order valence-corrected chi connectivity index (χ3v) is 7.00. The van der Waals surface area contributed by atoms with Gasteiger partial charge in [-0.05, 0) is 53.6 Å². The molecule has 0 saturated carbocycles. The summed E-state index contributed by atoms with van der Waals surface area (Å²) in [6.07, 6.45) is 1.11. The number of nitrogens with one attached hydrogen (secondary N) is 1. The van der Waals surface area contributed by atoms with Crippen molar-refractivity contribution in [3.63, 3.8) is 0 Å². The molecule has 1 N–H and O–H groups in total. The first-order chi connectivity index (χ1) is 14.1. The van der Waals surface area contributed by atoms with E-state index in [9.17, 15) is 8.42 Å². The first kappa shape index (κ1) is 23.3. The Kier molecular flexibility index (Phi) is 7.66. The number of thiocarbonyl (C=S) groups is 1. The highest BCUT2D eigenvalue weighted by atomic mass is 35.5. The van der Waals surface area contributed by atoms with E-state index < -0.39 is 10.0 Å². The summed E-state index contributed by atoms with van der Waals surface area (Å²) < 4.78 is 27.7. The quantitative estimate of drug-likeness (QED) is 0.335. The van der Waals surface area contributed by atoms with Crippen molar-refractivity contribution in [2.75, 3.05) is 4.72 Å². The van der Waals surface area contributed by atoms with Crippen LogP contribution in [0.5, 0.6) is 0 Å². The van der Waals surface area contributed by atoms with Crippen LogP contribution >= 0.6 is 58.6 Å². The van der Waals surface area contributed by atoms with Gasteiger partial charge in [0.2, 0.25) is 0 Å². The normalized spacial score (nSPS) is 11.3. The van der Waals surface area contributed by atoms with E-state index in [1.165, 1.54) is 30.3 Å². The molecule has 9 heteroatoms. The van der Waals surface area contributed by atoms with Crippen LogP contribution in [0.1, 0.15) is 11.1 Å². The van der Waals surface area contributed by atoms with Crippen molar-refractivity contribution < 1.29 is 8.42 Å². The highest BCUT2D eigenvalue weighted by molar-refractivity contribution is 7.92. The van der Waals surface area contributed by atoms with Crippen molar-refractivity contribution in [1.82, 2.24) is 0 Å². The van der Waals surface area contributed by atoms with Crippen LogP contribution in [0.4, 0.5) is 5.69 Å². The van der Waals surface area contributed by atoms with E-state index in [0.29, 0.717) is 38.6 Å². The van der Waals surface area contributed by atoms with E-state index in [0.717, 1.165) is 16.0 Å². The molecule has 0 aliphatic rings. The highest BCUT2D eigenvalue weighted by Gasteiger charge is 2.15. The first-order valence-electron chi connectivity index (χ1n) is 8.66. The highest BCUT2D eigenvalue weighted by Crippen LogP contribution is 2.25. The molecular formula is C21H15Cl4NO2S2. The van der Waals surface area contributed by atoms with Crippen molar-refractivity contribution in [3.8, 4) is 0 Å². The molecule has 0 bridgehead atoms. The van der Waals surface area contributed by atoms with E-state index in [1.807, 2.05) is 6.07 Å². The molecule has 0 aromatic heterocycles. The Bertz CT molecular complexity index is 1180. The van der Waals surface area contributed by atoms with Crippen LogP contribution in [0.2, 0.25) is 20.1 Å². The van der Waals surface area contributed by atoms with E-state index in [-0.39, 0.29) is 4.90 Å². The van der Waals surface area contributed by atoms with Gasteiger partial charge < -0.3 is 0 Å². The van der Waals surface area contributed by atoms with Crippen molar-refractivity contribution in [2.45, 2.75) is 17.7 Å². The molecule has 0 radical (unpaired) electrons. The predicted molar refractivity (Wildman–Crippen MR) is 130 cm³/mol. The summed E-state index contributed by atoms with van der Waals surface area (Å²) in [6.45, 7) is 0. The molecule has 0 unspecified atom stereocenters. The van der Waals surface area contributed by atoms with Crippen LogP contribution in [0.25, 0.3) is 0 Å². The van der Waals surface area contributed by atoms with Gasteiger partial charge in [-0.15, -0.1) is 0 Å². The second-order valence-corrected chi connectivity index (χ2v) is 10.5. The summed E-state index contributed by atoms with van der Waals surface area (Å²) in [6, 6.07) is 16.4. The van der Waals surface area contributed by atoms with Crippen molar-refractivity contribution in [1.29, 1.82) is 0 Å². The van der Waals surface area contributed by atoms with Crippen LogP contribution < -0.4 is 4.72 Å². The molecule has 0 aliphatic carbocycles. The number of hydrogen-bond donors (Lipinski definition) is 1. The number of anilines is 1. The number of benzene rings is 3. The smallest absolute Gasteiger partial charge is 0.261 e. The maximum Gasteiger partial charge on any atom is 0.261 e. The lowest BCUT2D eigenvalue weighted by Gasteiger charge is -2.10. The van der Waals surface area contributed by atoms with Crippen LogP contribution in [0.3, 0.4) is 0 Å². The van der Waals surface area contributed by atoms with Gasteiger partial charge in [-0.25, -0.2) is 8.42 Å². The molecule has 156 valence electrons. The lowest BCUT2D eigenvalue weighted by atomic mass is 10.0. The van der Waals surface area contributed by atoms with Crippen molar-refractivity contribution >= 4 is 79.2 Å². The molecule has 0 saturated heterocycles. The Balaban J connectivity index is 1.67. The zero-order valence-electron chi connectivity index (χ0n) is 15.3. The number of halogens is 4. The van der Waals surface area contributed by atoms with Gasteiger partial charge in [0.05, 0.1) is 20.6 Å². The van der Waals surface area contributed by atoms with Gasteiger partial charge in [-0.1, -0.05) is 76.8 Å². The van der Waals surface area contributed by atoms with Gasteiger partial charge in [0.1, 0.15) is 0 Å². The Morgan fingerprint density at radius 3 is 1.93 bits per heavy atom. The van der Waals surface area contributed by atoms with Crippen molar-refractivity contribution in [3.05, 3.63) is 91.9 Å². The molecule has 0 heterocycles. The average Bonchev–Trinajstić information content (AvgIpc) is 2.64. The third kappa shape index (κ3) is 6.33. The standard InChI is InChI=1S/C21H15Cl4NO2S2/c22-15-10-16(23)12-17(11-15)26-30(27,28)19-4-1-13(2-5-19)7-18(29)8-14-3-6-20(24)21(25)9-14/h1-6,9-12,26H,7-8H2. The Morgan fingerprint density at radius 2 is 1.33 bits per heavy atom. The summed E-state index contributed by atoms with van der Waals surface area (Å²) in [5.41, 5.74) is 2.17. The molecule has 0 fully saturated rings. The van der Waals surface area contributed by atoms with E-state index in [4.69, 9.17) is 58.6 Å². The van der Waals surface area contributed by atoms with E-state index in [1.54, 1.807) is 24.3 Å². The number of hydrogen-bond acceptors (Lipinski definition) is 3. The fourth-order valence-electron chi connectivity index (χ4n) is 2.78. The summed E-state index contributed by atoms with van der Waals surface area (Å²) in [5, 5.41) is 1.66. The van der Waals surface area contributed by atoms with Crippen LogP contribution in [-0.2, 0) is 22.9 Å². The Hall–Kier alpha value is -1.34.